The van der Waals surface area contributed by atoms with Crippen LogP contribution in [0.25, 0.3) is 0 Å². The number of amides is 2. The minimum Gasteiger partial charge on any atom is -0.464 e. The van der Waals surface area contributed by atoms with Gasteiger partial charge in [-0.2, -0.15) is 0 Å². The zero-order chi connectivity index (χ0) is 18.0. The summed E-state index contributed by atoms with van der Waals surface area (Å²) in [5.74, 6) is 1.57. The molecule has 1 aliphatic rings. The number of carbonyl (C=O) groups is 1. The van der Waals surface area contributed by atoms with E-state index < -0.39 is 0 Å². The summed E-state index contributed by atoms with van der Waals surface area (Å²) in [7, 11) is 1.66. The van der Waals surface area contributed by atoms with E-state index >= 15 is 0 Å². The number of carbonyl (C=O) groups excluding carboxylic acids is 1. The maximum atomic E-state index is 12.8. The van der Waals surface area contributed by atoms with Crippen LogP contribution in [0.5, 0.6) is 0 Å². The molecule has 1 fully saturated rings. The number of rotatable bonds is 3. The van der Waals surface area contributed by atoms with Gasteiger partial charge in [0, 0.05) is 26.2 Å². The number of pyridine rings is 1. The third-order valence-electron chi connectivity index (χ3n) is 4.46. The molecule has 1 saturated heterocycles. The highest BCUT2D eigenvalue weighted by Gasteiger charge is 2.31. The predicted octanol–water partition coefficient (Wildman–Crippen LogP) is 2.45. The number of morpholine rings is 1. The second kappa shape index (κ2) is 7.14. The average molecular weight is 345 g/mol. The lowest BCUT2D eigenvalue weighted by Crippen LogP contribution is -2.46. The van der Waals surface area contributed by atoms with Crippen molar-refractivity contribution in [3.63, 3.8) is 0 Å². The fraction of sp³-hybridized carbons (Fsp3) is 0.444. The van der Waals surface area contributed by atoms with Crippen LogP contribution in [-0.2, 0) is 18.2 Å². The summed E-state index contributed by atoms with van der Waals surface area (Å²) >= 11 is 0. The number of hydrogen-bond acceptors (Lipinski definition) is 4. The van der Waals surface area contributed by atoms with Gasteiger partial charge in [0.05, 0.1) is 13.2 Å². The number of aromatic nitrogens is 1. The van der Waals surface area contributed by atoms with Crippen LogP contribution in [-0.4, -0.2) is 35.3 Å². The van der Waals surface area contributed by atoms with E-state index in [-0.39, 0.29) is 17.6 Å². The van der Waals surface area contributed by atoms with Crippen LogP contribution in [0.1, 0.15) is 30.0 Å². The highest BCUT2D eigenvalue weighted by atomic mass is 16.5. The van der Waals surface area contributed by atoms with Crippen molar-refractivity contribution in [1.82, 2.24) is 9.47 Å². The van der Waals surface area contributed by atoms with Crippen LogP contribution in [0, 0.1) is 6.92 Å². The van der Waals surface area contributed by atoms with E-state index in [1.165, 1.54) is 4.57 Å². The summed E-state index contributed by atoms with van der Waals surface area (Å²) in [5.41, 5.74) is 0.797. The normalized spacial score (nSPS) is 17.6. The van der Waals surface area contributed by atoms with E-state index in [0.717, 1.165) is 17.7 Å². The molecule has 0 spiro atoms. The van der Waals surface area contributed by atoms with Crippen molar-refractivity contribution in [1.29, 1.82) is 0 Å². The van der Waals surface area contributed by atoms with Crippen LogP contribution in [0.15, 0.2) is 33.6 Å². The maximum absolute atomic E-state index is 12.8. The van der Waals surface area contributed by atoms with Gasteiger partial charge in [-0.25, -0.2) is 4.79 Å². The average Bonchev–Trinajstić information content (AvgIpc) is 3.11. The predicted molar refractivity (Wildman–Crippen MR) is 93.8 cm³/mol. The first-order valence-electron chi connectivity index (χ1n) is 8.41. The lowest BCUT2D eigenvalue weighted by atomic mass is 10.2. The van der Waals surface area contributed by atoms with E-state index in [9.17, 15) is 9.59 Å². The Hall–Kier alpha value is -2.54. The number of aryl methyl sites for hydroxylation is 3. The van der Waals surface area contributed by atoms with Gasteiger partial charge in [0.1, 0.15) is 23.2 Å². The van der Waals surface area contributed by atoms with Gasteiger partial charge in [-0.3, -0.25) is 4.79 Å². The lowest BCUT2D eigenvalue weighted by molar-refractivity contribution is 0.00701. The zero-order valence-electron chi connectivity index (χ0n) is 14.7. The van der Waals surface area contributed by atoms with Gasteiger partial charge >= 0.3 is 6.03 Å². The van der Waals surface area contributed by atoms with E-state index in [1.807, 2.05) is 19.1 Å². The number of furan rings is 1. The molecular formula is C18H23N3O4. The fourth-order valence-corrected chi connectivity index (χ4v) is 2.90. The highest BCUT2D eigenvalue weighted by molar-refractivity contribution is 5.90. The first kappa shape index (κ1) is 17.3. The molecule has 0 aliphatic carbocycles. The summed E-state index contributed by atoms with van der Waals surface area (Å²) in [6, 6.07) is 4.96. The van der Waals surface area contributed by atoms with E-state index in [4.69, 9.17) is 9.15 Å². The molecule has 3 heterocycles. The number of nitrogens with zero attached hydrogens (tertiary/aromatic N) is 2. The molecule has 0 bridgehead atoms. The molecule has 0 saturated carbocycles. The van der Waals surface area contributed by atoms with Gasteiger partial charge in [0.25, 0.3) is 5.56 Å². The van der Waals surface area contributed by atoms with Crippen LogP contribution < -0.4 is 10.9 Å². The second-order valence-electron chi connectivity index (χ2n) is 6.16. The smallest absolute Gasteiger partial charge is 0.322 e. The lowest BCUT2D eigenvalue weighted by Gasteiger charge is -2.34. The van der Waals surface area contributed by atoms with E-state index in [1.54, 1.807) is 31.1 Å². The summed E-state index contributed by atoms with van der Waals surface area (Å²) in [4.78, 5) is 26.8. The van der Waals surface area contributed by atoms with Gasteiger partial charge in [-0.05, 0) is 30.7 Å². The number of anilines is 1. The Morgan fingerprint density at radius 3 is 2.88 bits per heavy atom. The first-order valence-corrected chi connectivity index (χ1v) is 8.41. The SMILES string of the molecule is CCc1ccc(C2COCCN2C(=O)Nc2c(C)ccn(C)c2=O)o1. The molecule has 3 rings (SSSR count). The van der Waals surface area contributed by atoms with Crippen molar-refractivity contribution in [2.24, 2.45) is 7.05 Å². The van der Waals surface area contributed by atoms with Crippen LogP contribution >= 0.6 is 0 Å². The molecule has 134 valence electrons. The van der Waals surface area contributed by atoms with E-state index in [2.05, 4.69) is 5.32 Å². The summed E-state index contributed by atoms with van der Waals surface area (Å²) in [6.45, 7) is 5.07. The Labute approximate surface area is 146 Å². The van der Waals surface area contributed by atoms with Crippen LogP contribution in [0.4, 0.5) is 10.5 Å². The molecule has 1 atom stereocenters. The minimum atomic E-state index is -0.325. The van der Waals surface area contributed by atoms with Gasteiger partial charge in [0.15, 0.2) is 0 Å². The molecule has 1 aliphatic heterocycles. The third-order valence-corrected chi connectivity index (χ3v) is 4.46. The van der Waals surface area contributed by atoms with E-state index in [0.29, 0.717) is 31.2 Å². The van der Waals surface area contributed by atoms with Crippen molar-refractivity contribution in [2.45, 2.75) is 26.3 Å². The van der Waals surface area contributed by atoms with Gasteiger partial charge in [0.2, 0.25) is 0 Å². The molecule has 25 heavy (non-hydrogen) atoms. The summed E-state index contributed by atoms with van der Waals surface area (Å²) in [6.07, 6.45) is 2.47. The number of ether oxygens (including phenoxy) is 1. The molecule has 2 aromatic heterocycles. The number of urea groups is 1. The quantitative estimate of drug-likeness (QED) is 0.927. The summed E-state index contributed by atoms with van der Waals surface area (Å²) < 4.78 is 12.8. The molecular weight excluding hydrogens is 322 g/mol. The number of nitrogens with one attached hydrogen (secondary N) is 1. The minimum absolute atomic E-state index is 0.232. The Bertz CT molecular complexity index is 824. The molecule has 2 amide bonds. The third kappa shape index (κ3) is 3.46. The van der Waals surface area contributed by atoms with Crippen LogP contribution in [0.3, 0.4) is 0 Å². The van der Waals surface area contributed by atoms with Gasteiger partial charge < -0.3 is 23.9 Å². The Kier molecular flexibility index (Phi) is 4.94. The highest BCUT2D eigenvalue weighted by Crippen LogP contribution is 2.27. The molecule has 2 aromatic rings. The second-order valence-corrected chi connectivity index (χ2v) is 6.16. The van der Waals surface area contributed by atoms with Crippen molar-refractivity contribution in [2.75, 3.05) is 25.1 Å². The van der Waals surface area contributed by atoms with Gasteiger partial charge in [-0.1, -0.05) is 6.92 Å². The molecule has 7 heteroatoms. The fourth-order valence-electron chi connectivity index (χ4n) is 2.90. The van der Waals surface area contributed by atoms with Crippen molar-refractivity contribution in [3.8, 4) is 0 Å². The molecule has 1 N–H and O–H groups in total. The standard InChI is InChI=1S/C18H23N3O4/c1-4-13-5-6-15(25-13)14-11-24-10-9-21(14)18(23)19-16-12(2)7-8-20(3)17(16)22/h5-8,14H,4,9-11H2,1-3H3,(H,19,23). The van der Waals surface area contributed by atoms with Crippen LogP contribution in [0.2, 0.25) is 0 Å². The molecule has 1 unspecified atom stereocenters. The Morgan fingerprint density at radius 2 is 2.16 bits per heavy atom. The zero-order valence-corrected chi connectivity index (χ0v) is 14.7. The van der Waals surface area contributed by atoms with Crippen molar-refractivity contribution in [3.05, 3.63) is 51.8 Å². The number of hydrogen-bond donors (Lipinski definition) is 1. The Morgan fingerprint density at radius 1 is 1.36 bits per heavy atom. The van der Waals surface area contributed by atoms with Crippen molar-refractivity contribution >= 4 is 11.7 Å². The monoisotopic (exact) mass is 345 g/mol. The topological polar surface area (TPSA) is 76.7 Å². The largest absolute Gasteiger partial charge is 0.464 e. The maximum Gasteiger partial charge on any atom is 0.322 e. The molecule has 7 nitrogen and oxygen atoms in total. The van der Waals surface area contributed by atoms with Gasteiger partial charge in [-0.15, -0.1) is 0 Å². The van der Waals surface area contributed by atoms with Crippen molar-refractivity contribution < 1.29 is 13.9 Å². The summed E-state index contributed by atoms with van der Waals surface area (Å²) in [5, 5.41) is 2.77. The molecule has 0 aromatic carbocycles. The first-order chi connectivity index (χ1) is 12.0. The Balaban J connectivity index is 1.84. The molecule has 0 radical (unpaired) electrons.